The van der Waals surface area contributed by atoms with E-state index in [9.17, 15) is 13.2 Å². The summed E-state index contributed by atoms with van der Waals surface area (Å²) in [7, 11) is 0. The molecule has 1 fully saturated rings. The standard InChI is InChI=1S/C23H14F3N3/c24-17-4-1-14(2-5-17)3-6-18-9-16(13-27-28-18)22-11-15-10-20(25)21(26)12-23(15)29(22)19-7-8-19/h1-2,4-5,9-13,19H,7-8H2. The topological polar surface area (TPSA) is 30.7 Å². The second kappa shape index (κ2) is 6.78. The fourth-order valence-corrected chi connectivity index (χ4v) is 3.41. The first-order chi connectivity index (χ1) is 14.1. The van der Waals surface area contributed by atoms with E-state index in [0.717, 1.165) is 24.1 Å². The van der Waals surface area contributed by atoms with E-state index in [1.54, 1.807) is 24.4 Å². The van der Waals surface area contributed by atoms with Crippen LogP contribution in [-0.4, -0.2) is 14.8 Å². The van der Waals surface area contributed by atoms with Crippen LogP contribution in [0.5, 0.6) is 0 Å². The molecule has 2 aromatic heterocycles. The number of halogens is 3. The normalized spacial score (nSPS) is 13.3. The highest BCUT2D eigenvalue weighted by Crippen LogP contribution is 2.42. The molecule has 0 N–H and O–H groups in total. The lowest BCUT2D eigenvalue weighted by atomic mass is 10.1. The maximum Gasteiger partial charge on any atom is 0.160 e. The van der Waals surface area contributed by atoms with E-state index in [0.29, 0.717) is 22.2 Å². The lowest BCUT2D eigenvalue weighted by Crippen LogP contribution is -1.98. The van der Waals surface area contributed by atoms with E-state index >= 15 is 0 Å². The third-order valence-corrected chi connectivity index (χ3v) is 4.92. The van der Waals surface area contributed by atoms with Crippen LogP contribution in [0.15, 0.2) is 54.7 Å². The van der Waals surface area contributed by atoms with Crippen LogP contribution in [0.1, 0.15) is 30.1 Å². The van der Waals surface area contributed by atoms with Gasteiger partial charge in [-0.05, 0) is 61.2 Å². The van der Waals surface area contributed by atoms with Crippen LogP contribution >= 0.6 is 0 Å². The van der Waals surface area contributed by atoms with Crippen LogP contribution in [-0.2, 0) is 0 Å². The average molecular weight is 389 g/mol. The molecule has 0 unspecified atom stereocenters. The fraction of sp³-hybridized carbons (Fsp3) is 0.130. The molecular weight excluding hydrogens is 375 g/mol. The lowest BCUT2D eigenvalue weighted by Gasteiger charge is -2.09. The van der Waals surface area contributed by atoms with Crippen molar-refractivity contribution in [3.8, 4) is 23.1 Å². The number of benzene rings is 2. The van der Waals surface area contributed by atoms with Crippen molar-refractivity contribution in [3.63, 3.8) is 0 Å². The zero-order valence-electron chi connectivity index (χ0n) is 15.2. The Bertz CT molecular complexity index is 1290. The number of aromatic nitrogens is 3. The van der Waals surface area contributed by atoms with E-state index in [-0.39, 0.29) is 11.9 Å². The molecule has 0 atom stereocenters. The van der Waals surface area contributed by atoms with Gasteiger partial charge in [-0.3, -0.25) is 0 Å². The molecule has 0 saturated heterocycles. The molecule has 0 radical (unpaired) electrons. The van der Waals surface area contributed by atoms with E-state index < -0.39 is 11.6 Å². The smallest absolute Gasteiger partial charge is 0.160 e. The first-order valence-corrected chi connectivity index (χ1v) is 9.19. The predicted molar refractivity (Wildman–Crippen MR) is 104 cm³/mol. The highest BCUT2D eigenvalue weighted by atomic mass is 19.2. The third kappa shape index (κ3) is 3.36. The third-order valence-electron chi connectivity index (χ3n) is 4.92. The van der Waals surface area contributed by atoms with Gasteiger partial charge in [-0.1, -0.05) is 5.92 Å². The summed E-state index contributed by atoms with van der Waals surface area (Å²) in [5.41, 5.74) is 3.38. The zero-order valence-corrected chi connectivity index (χ0v) is 15.2. The molecule has 29 heavy (non-hydrogen) atoms. The van der Waals surface area contributed by atoms with Gasteiger partial charge < -0.3 is 4.57 Å². The highest BCUT2D eigenvalue weighted by molar-refractivity contribution is 5.87. The van der Waals surface area contributed by atoms with Crippen molar-refractivity contribution in [2.75, 3.05) is 0 Å². The van der Waals surface area contributed by atoms with Gasteiger partial charge in [0, 0.05) is 28.6 Å². The van der Waals surface area contributed by atoms with E-state index in [1.165, 1.54) is 24.3 Å². The first-order valence-electron chi connectivity index (χ1n) is 9.19. The summed E-state index contributed by atoms with van der Waals surface area (Å²) in [6.07, 6.45) is 3.60. The second-order valence-electron chi connectivity index (χ2n) is 7.04. The summed E-state index contributed by atoms with van der Waals surface area (Å²) < 4.78 is 42.6. The van der Waals surface area contributed by atoms with Crippen molar-refractivity contribution in [3.05, 3.63) is 83.4 Å². The summed E-state index contributed by atoms with van der Waals surface area (Å²) in [6.45, 7) is 0. The van der Waals surface area contributed by atoms with Crippen molar-refractivity contribution in [1.82, 2.24) is 14.8 Å². The predicted octanol–water partition coefficient (Wildman–Crippen LogP) is 5.25. The van der Waals surface area contributed by atoms with Crippen LogP contribution in [0.25, 0.3) is 22.2 Å². The van der Waals surface area contributed by atoms with E-state index in [2.05, 4.69) is 22.0 Å². The molecule has 0 aliphatic heterocycles. The number of hydrogen-bond donors (Lipinski definition) is 0. The summed E-state index contributed by atoms with van der Waals surface area (Å²) >= 11 is 0. The minimum atomic E-state index is -0.865. The Kier molecular flexibility index (Phi) is 4.09. The van der Waals surface area contributed by atoms with Gasteiger partial charge in [0.1, 0.15) is 11.5 Å². The van der Waals surface area contributed by atoms with Crippen molar-refractivity contribution in [2.24, 2.45) is 0 Å². The van der Waals surface area contributed by atoms with Crippen molar-refractivity contribution in [2.45, 2.75) is 18.9 Å². The van der Waals surface area contributed by atoms with Crippen molar-refractivity contribution >= 4 is 10.9 Å². The summed E-state index contributed by atoms with van der Waals surface area (Å²) in [5, 5.41) is 8.72. The van der Waals surface area contributed by atoms with Gasteiger partial charge in [0.25, 0.3) is 0 Å². The molecule has 6 heteroatoms. The van der Waals surface area contributed by atoms with Gasteiger partial charge in [0.15, 0.2) is 11.6 Å². The SMILES string of the molecule is Fc1ccc(C#Cc2cc(-c3cc4cc(F)c(F)cc4n3C3CC3)cnn2)cc1. The minimum absolute atomic E-state index is 0.259. The largest absolute Gasteiger partial charge is 0.337 e. The Balaban J connectivity index is 1.58. The molecule has 0 bridgehead atoms. The van der Waals surface area contributed by atoms with Gasteiger partial charge in [0.2, 0.25) is 0 Å². The van der Waals surface area contributed by atoms with Crippen LogP contribution in [0, 0.1) is 29.3 Å². The Morgan fingerprint density at radius 3 is 2.41 bits per heavy atom. The summed E-state index contributed by atoms with van der Waals surface area (Å²) in [5.74, 6) is 3.82. The second-order valence-corrected chi connectivity index (χ2v) is 7.04. The molecule has 3 nitrogen and oxygen atoms in total. The Morgan fingerprint density at radius 2 is 1.66 bits per heavy atom. The van der Waals surface area contributed by atoms with Crippen LogP contribution in [0.4, 0.5) is 13.2 Å². The molecule has 4 aromatic rings. The maximum atomic E-state index is 13.8. The molecule has 2 heterocycles. The Morgan fingerprint density at radius 1 is 0.897 bits per heavy atom. The van der Waals surface area contributed by atoms with Gasteiger partial charge in [-0.25, -0.2) is 13.2 Å². The first kappa shape index (κ1) is 17.5. The summed E-state index contributed by atoms with van der Waals surface area (Å²) in [4.78, 5) is 0. The zero-order chi connectivity index (χ0) is 20.0. The molecule has 1 saturated carbocycles. The molecule has 0 spiro atoms. The Labute approximate surface area is 164 Å². The van der Waals surface area contributed by atoms with Crippen molar-refractivity contribution in [1.29, 1.82) is 0 Å². The molecule has 0 amide bonds. The van der Waals surface area contributed by atoms with Crippen LogP contribution < -0.4 is 0 Å². The van der Waals surface area contributed by atoms with E-state index in [4.69, 9.17) is 0 Å². The number of rotatable bonds is 2. The molecule has 1 aliphatic carbocycles. The van der Waals surface area contributed by atoms with Gasteiger partial charge >= 0.3 is 0 Å². The molecule has 142 valence electrons. The molecule has 1 aliphatic rings. The number of nitrogens with zero attached hydrogens (tertiary/aromatic N) is 3. The van der Waals surface area contributed by atoms with Gasteiger partial charge in [-0.15, -0.1) is 5.10 Å². The number of fused-ring (bicyclic) bond motifs is 1. The average Bonchev–Trinajstić information content (AvgIpc) is 3.50. The van der Waals surface area contributed by atoms with Gasteiger partial charge in [0.05, 0.1) is 17.4 Å². The monoisotopic (exact) mass is 389 g/mol. The molecule has 5 rings (SSSR count). The fourth-order valence-electron chi connectivity index (χ4n) is 3.41. The number of hydrogen-bond acceptors (Lipinski definition) is 2. The van der Waals surface area contributed by atoms with Crippen LogP contribution in [0.2, 0.25) is 0 Å². The quantitative estimate of drug-likeness (QED) is 0.439. The minimum Gasteiger partial charge on any atom is -0.337 e. The van der Waals surface area contributed by atoms with E-state index in [1.807, 2.05) is 10.6 Å². The van der Waals surface area contributed by atoms with Crippen LogP contribution in [0.3, 0.4) is 0 Å². The highest BCUT2D eigenvalue weighted by Gasteiger charge is 2.28. The summed E-state index contributed by atoms with van der Waals surface area (Å²) in [6, 6.07) is 12.2. The molecule has 2 aromatic carbocycles. The Hall–Kier alpha value is -3.59. The van der Waals surface area contributed by atoms with Gasteiger partial charge in [-0.2, -0.15) is 5.10 Å². The molecular formula is C23H14F3N3. The lowest BCUT2D eigenvalue weighted by molar-refractivity contribution is 0.510. The maximum absolute atomic E-state index is 13.8. The van der Waals surface area contributed by atoms with Crippen molar-refractivity contribution < 1.29 is 13.2 Å².